The zero-order chi connectivity index (χ0) is 13.8. The summed E-state index contributed by atoms with van der Waals surface area (Å²) in [5, 5.41) is 6.05. The Labute approximate surface area is 115 Å². The molecular weight excluding hydrogens is 242 g/mol. The standard InChI is InChI=1S/C14H25N3O2/c1-10-6-7-15-12(10)13(18)16-11(2)14(19)17-8-4-3-5-9-17/h10-12,15H,3-9H2,1-2H3,(H,16,18). The molecule has 0 aliphatic carbocycles. The number of carbonyl (C=O) groups excluding carboxylic acids is 2. The van der Waals surface area contributed by atoms with Crippen molar-refractivity contribution in [2.75, 3.05) is 19.6 Å². The van der Waals surface area contributed by atoms with Gasteiger partial charge in [0.1, 0.15) is 6.04 Å². The van der Waals surface area contributed by atoms with Gasteiger partial charge in [-0.25, -0.2) is 0 Å². The van der Waals surface area contributed by atoms with Gasteiger partial charge in [-0.3, -0.25) is 9.59 Å². The maximum atomic E-state index is 12.2. The Hall–Kier alpha value is -1.10. The van der Waals surface area contributed by atoms with Crippen molar-refractivity contribution in [2.45, 2.75) is 51.6 Å². The van der Waals surface area contributed by atoms with Crippen LogP contribution >= 0.6 is 0 Å². The van der Waals surface area contributed by atoms with Crippen LogP contribution in [0.25, 0.3) is 0 Å². The Morgan fingerprint density at radius 1 is 1.26 bits per heavy atom. The van der Waals surface area contributed by atoms with Crippen molar-refractivity contribution >= 4 is 11.8 Å². The zero-order valence-electron chi connectivity index (χ0n) is 11.9. The fraction of sp³-hybridized carbons (Fsp3) is 0.857. The Kier molecular flexibility index (Phi) is 4.80. The molecule has 0 aromatic rings. The Balaban J connectivity index is 1.83. The maximum Gasteiger partial charge on any atom is 0.244 e. The summed E-state index contributed by atoms with van der Waals surface area (Å²) in [4.78, 5) is 26.2. The third kappa shape index (κ3) is 3.47. The van der Waals surface area contributed by atoms with Crippen LogP contribution in [0, 0.1) is 5.92 Å². The minimum absolute atomic E-state index is 0.0390. The van der Waals surface area contributed by atoms with Gasteiger partial charge in [-0.15, -0.1) is 0 Å². The summed E-state index contributed by atoms with van der Waals surface area (Å²) >= 11 is 0. The van der Waals surface area contributed by atoms with Gasteiger partial charge in [0.2, 0.25) is 11.8 Å². The van der Waals surface area contributed by atoms with Crippen LogP contribution in [0.2, 0.25) is 0 Å². The molecule has 5 heteroatoms. The molecule has 0 spiro atoms. The van der Waals surface area contributed by atoms with Crippen LogP contribution in [0.5, 0.6) is 0 Å². The Morgan fingerprint density at radius 3 is 2.53 bits per heavy atom. The van der Waals surface area contributed by atoms with Gasteiger partial charge in [-0.05, 0) is 45.1 Å². The number of hydrogen-bond acceptors (Lipinski definition) is 3. The van der Waals surface area contributed by atoms with Crippen molar-refractivity contribution in [3.63, 3.8) is 0 Å². The molecule has 2 fully saturated rings. The fourth-order valence-electron chi connectivity index (χ4n) is 2.94. The van der Waals surface area contributed by atoms with E-state index in [1.165, 1.54) is 6.42 Å². The third-order valence-electron chi connectivity index (χ3n) is 4.21. The second kappa shape index (κ2) is 6.37. The topological polar surface area (TPSA) is 61.4 Å². The van der Waals surface area contributed by atoms with Crippen molar-refractivity contribution in [1.29, 1.82) is 0 Å². The number of carbonyl (C=O) groups is 2. The van der Waals surface area contributed by atoms with Crippen LogP contribution in [0.4, 0.5) is 0 Å². The monoisotopic (exact) mass is 267 g/mol. The largest absolute Gasteiger partial charge is 0.343 e. The highest BCUT2D eigenvalue weighted by molar-refractivity contribution is 5.89. The highest BCUT2D eigenvalue weighted by Crippen LogP contribution is 2.15. The number of likely N-dealkylation sites (tertiary alicyclic amines) is 1. The summed E-state index contributed by atoms with van der Waals surface area (Å²) in [5.74, 6) is 0.360. The van der Waals surface area contributed by atoms with Crippen molar-refractivity contribution < 1.29 is 9.59 Å². The lowest BCUT2D eigenvalue weighted by atomic mass is 10.0. The average molecular weight is 267 g/mol. The molecule has 0 aromatic heterocycles. The first-order valence-corrected chi connectivity index (χ1v) is 7.42. The molecule has 3 unspecified atom stereocenters. The molecule has 2 aliphatic rings. The van der Waals surface area contributed by atoms with E-state index in [9.17, 15) is 9.59 Å². The van der Waals surface area contributed by atoms with E-state index < -0.39 is 6.04 Å². The Bertz CT molecular complexity index is 340. The SMILES string of the molecule is CC(NC(=O)C1NCCC1C)C(=O)N1CCCCC1. The number of nitrogens with one attached hydrogen (secondary N) is 2. The van der Waals surface area contributed by atoms with Gasteiger partial charge in [0.25, 0.3) is 0 Å². The van der Waals surface area contributed by atoms with E-state index in [2.05, 4.69) is 17.6 Å². The lowest BCUT2D eigenvalue weighted by molar-refractivity contribution is -0.137. The van der Waals surface area contributed by atoms with Crippen LogP contribution < -0.4 is 10.6 Å². The van der Waals surface area contributed by atoms with Crippen LogP contribution in [0.3, 0.4) is 0 Å². The minimum atomic E-state index is -0.416. The van der Waals surface area contributed by atoms with Crippen LogP contribution in [0.15, 0.2) is 0 Å². The third-order valence-corrected chi connectivity index (χ3v) is 4.21. The van der Waals surface area contributed by atoms with Gasteiger partial charge in [0.05, 0.1) is 6.04 Å². The highest BCUT2D eigenvalue weighted by atomic mass is 16.2. The van der Waals surface area contributed by atoms with Crippen LogP contribution in [-0.4, -0.2) is 48.4 Å². The van der Waals surface area contributed by atoms with Crippen molar-refractivity contribution in [2.24, 2.45) is 5.92 Å². The van der Waals surface area contributed by atoms with E-state index in [1.807, 2.05) is 4.90 Å². The van der Waals surface area contributed by atoms with E-state index in [4.69, 9.17) is 0 Å². The van der Waals surface area contributed by atoms with Crippen LogP contribution in [0.1, 0.15) is 39.5 Å². The van der Waals surface area contributed by atoms with E-state index in [0.717, 1.165) is 38.9 Å². The molecule has 19 heavy (non-hydrogen) atoms. The number of piperidine rings is 1. The average Bonchev–Trinajstić information content (AvgIpc) is 2.85. The predicted octanol–water partition coefficient (Wildman–Crippen LogP) is 0.502. The second-order valence-electron chi connectivity index (χ2n) is 5.81. The molecule has 0 radical (unpaired) electrons. The molecule has 0 bridgehead atoms. The number of nitrogens with zero attached hydrogens (tertiary/aromatic N) is 1. The van der Waals surface area contributed by atoms with E-state index >= 15 is 0 Å². The summed E-state index contributed by atoms with van der Waals surface area (Å²) in [6.07, 6.45) is 4.38. The normalized spacial score (nSPS) is 29.1. The summed E-state index contributed by atoms with van der Waals surface area (Å²) in [6, 6.07) is -0.559. The molecule has 5 nitrogen and oxygen atoms in total. The first kappa shape index (κ1) is 14.3. The molecule has 2 N–H and O–H groups in total. The molecule has 2 heterocycles. The molecule has 0 saturated carbocycles. The van der Waals surface area contributed by atoms with Crippen LogP contribution in [-0.2, 0) is 9.59 Å². The quantitative estimate of drug-likeness (QED) is 0.783. The number of rotatable bonds is 3. The first-order valence-electron chi connectivity index (χ1n) is 7.42. The summed E-state index contributed by atoms with van der Waals surface area (Å²) in [5.41, 5.74) is 0. The maximum absolute atomic E-state index is 12.2. The highest BCUT2D eigenvalue weighted by Gasteiger charge is 2.31. The van der Waals surface area contributed by atoms with E-state index in [0.29, 0.717) is 5.92 Å². The molecule has 3 atom stereocenters. The molecule has 2 rings (SSSR count). The lowest BCUT2D eigenvalue weighted by Gasteiger charge is -2.30. The van der Waals surface area contributed by atoms with E-state index in [1.54, 1.807) is 6.92 Å². The lowest BCUT2D eigenvalue weighted by Crippen LogP contribution is -2.53. The number of hydrogen-bond donors (Lipinski definition) is 2. The summed E-state index contributed by atoms with van der Waals surface area (Å²) < 4.78 is 0. The molecule has 2 aliphatic heterocycles. The molecule has 2 amide bonds. The van der Waals surface area contributed by atoms with Gasteiger partial charge in [-0.2, -0.15) is 0 Å². The zero-order valence-corrected chi connectivity index (χ0v) is 11.9. The smallest absolute Gasteiger partial charge is 0.244 e. The van der Waals surface area contributed by atoms with Gasteiger partial charge >= 0.3 is 0 Å². The first-order chi connectivity index (χ1) is 9.09. The van der Waals surface area contributed by atoms with Gasteiger partial charge < -0.3 is 15.5 Å². The van der Waals surface area contributed by atoms with E-state index in [-0.39, 0.29) is 17.9 Å². The Morgan fingerprint density at radius 2 is 1.95 bits per heavy atom. The molecule has 108 valence electrons. The van der Waals surface area contributed by atoms with Gasteiger partial charge in [-0.1, -0.05) is 6.92 Å². The second-order valence-corrected chi connectivity index (χ2v) is 5.81. The van der Waals surface area contributed by atoms with Crippen molar-refractivity contribution in [3.8, 4) is 0 Å². The van der Waals surface area contributed by atoms with Gasteiger partial charge in [0, 0.05) is 13.1 Å². The minimum Gasteiger partial charge on any atom is -0.343 e. The fourth-order valence-corrected chi connectivity index (χ4v) is 2.94. The molecular formula is C14H25N3O2. The number of amides is 2. The molecule has 2 saturated heterocycles. The van der Waals surface area contributed by atoms with Crippen molar-refractivity contribution in [1.82, 2.24) is 15.5 Å². The summed E-state index contributed by atoms with van der Waals surface area (Å²) in [6.45, 7) is 6.40. The summed E-state index contributed by atoms with van der Waals surface area (Å²) in [7, 11) is 0. The predicted molar refractivity (Wildman–Crippen MR) is 73.6 cm³/mol. The molecule has 0 aromatic carbocycles. The van der Waals surface area contributed by atoms with Crippen molar-refractivity contribution in [3.05, 3.63) is 0 Å². The van der Waals surface area contributed by atoms with Gasteiger partial charge in [0.15, 0.2) is 0 Å².